The van der Waals surface area contributed by atoms with Crippen molar-refractivity contribution in [2.24, 2.45) is 0 Å². The number of hydrogen-bond acceptors (Lipinski definition) is 5. The Hall–Kier alpha value is -4.13. The largest absolute Gasteiger partial charge is 0.488 e. The van der Waals surface area contributed by atoms with Crippen molar-refractivity contribution in [2.45, 2.75) is 58.6 Å². The molecule has 6 rings (SSSR count). The van der Waals surface area contributed by atoms with Crippen molar-refractivity contribution in [3.8, 4) is 17.0 Å². The van der Waals surface area contributed by atoms with Crippen LogP contribution in [0, 0.1) is 13.8 Å². The van der Waals surface area contributed by atoms with Crippen molar-refractivity contribution in [1.82, 2.24) is 9.72 Å². The molecule has 1 saturated carbocycles. The molecule has 2 aromatic carbocycles. The Morgan fingerprint density at radius 2 is 1.86 bits per heavy atom. The van der Waals surface area contributed by atoms with Gasteiger partial charge >= 0.3 is 5.97 Å². The molecule has 0 unspecified atom stereocenters. The summed E-state index contributed by atoms with van der Waals surface area (Å²) in [7, 11) is 0. The molecule has 4 aromatic rings. The van der Waals surface area contributed by atoms with Gasteiger partial charge in [-0.1, -0.05) is 29.4 Å². The Morgan fingerprint density at radius 3 is 2.59 bits per heavy atom. The van der Waals surface area contributed by atoms with Gasteiger partial charge in [0.05, 0.1) is 17.7 Å². The van der Waals surface area contributed by atoms with E-state index in [0.717, 1.165) is 69.8 Å². The number of aromatic nitrogens is 2. The molecule has 1 aliphatic carbocycles. The van der Waals surface area contributed by atoms with Gasteiger partial charge in [-0.3, -0.25) is 4.79 Å². The number of rotatable bonds is 6. The quantitative estimate of drug-likeness (QED) is 0.383. The Labute approximate surface area is 214 Å². The van der Waals surface area contributed by atoms with E-state index in [-0.39, 0.29) is 17.7 Å². The standard InChI is InChI=1S/C30H28N2O5/c1-17-4-3-5-18(2)27(17)28-25(29(37-31-28)20-7-8-20)16-36-24-13-23-11-10-19-6-9-21(30(34)35)12-22(19)15-32(23)26(33)14-24/h3-6,9,12-14,20H,7-8,10-11,15-16H2,1-2H3,(H,34,35). The van der Waals surface area contributed by atoms with Crippen molar-refractivity contribution in [3.63, 3.8) is 0 Å². The topological polar surface area (TPSA) is 94.6 Å². The van der Waals surface area contributed by atoms with Gasteiger partial charge in [0.25, 0.3) is 5.56 Å². The third kappa shape index (κ3) is 4.35. The Kier molecular flexibility index (Phi) is 5.71. The van der Waals surface area contributed by atoms with E-state index in [1.54, 1.807) is 16.7 Å². The van der Waals surface area contributed by atoms with Crippen molar-refractivity contribution in [2.75, 3.05) is 0 Å². The summed E-state index contributed by atoms with van der Waals surface area (Å²) in [5.41, 5.74) is 7.96. The molecule has 7 nitrogen and oxygen atoms in total. The number of carboxylic acids is 1. The molecule has 0 bridgehead atoms. The monoisotopic (exact) mass is 496 g/mol. The molecule has 37 heavy (non-hydrogen) atoms. The number of aromatic carboxylic acids is 1. The molecule has 188 valence electrons. The first-order valence-corrected chi connectivity index (χ1v) is 12.7. The van der Waals surface area contributed by atoms with Crippen LogP contribution in [-0.4, -0.2) is 20.8 Å². The Balaban J connectivity index is 1.30. The molecule has 1 fully saturated rings. The maximum atomic E-state index is 13.1. The molecule has 0 amide bonds. The highest BCUT2D eigenvalue weighted by atomic mass is 16.5. The number of benzene rings is 2. The zero-order valence-electron chi connectivity index (χ0n) is 20.9. The van der Waals surface area contributed by atoms with Gasteiger partial charge in [0.15, 0.2) is 0 Å². The van der Waals surface area contributed by atoms with Crippen LogP contribution in [0.3, 0.4) is 0 Å². The number of hydrogen-bond donors (Lipinski definition) is 1. The predicted octanol–water partition coefficient (Wildman–Crippen LogP) is 5.42. The average molecular weight is 497 g/mol. The fourth-order valence-electron chi connectivity index (χ4n) is 5.35. The first kappa shape index (κ1) is 23.3. The van der Waals surface area contributed by atoms with Gasteiger partial charge in [-0.05, 0) is 80.0 Å². The van der Waals surface area contributed by atoms with Crippen molar-refractivity contribution in [1.29, 1.82) is 0 Å². The van der Waals surface area contributed by atoms with Crippen LogP contribution >= 0.6 is 0 Å². The summed E-state index contributed by atoms with van der Waals surface area (Å²) in [5.74, 6) is 0.802. The minimum absolute atomic E-state index is 0.163. The van der Waals surface area contributed by atoms with Crippen LogP contribution in [0.25, 0.3) is 11.3 Å². The summed E-state index contributed by atoms with van der Waals surface area (Å²) in [6.45, 7) is 4.76. The van der Waals surface area contributed by atoms with E-state index in [9.17, 15) is 14.7 Å². The maximum Gasteiger partial charge on any atom is 0.335 e. The van der Waals surface area contributed by atoms with Crippen LogP contribution in [-0.2, 0) is 26.0 Å². The second kappa shape index (κ2) is 9.07. The van der Waals surface area contributed by atoms with Gasteiger partial charge in [-0.25, -0.2) is 4.79 Å². The molecule has 2 aromatic heterocycles. The lowest BCUT2D eigenvalue weighted by atomic mass is 9.96. The zero-order valence-corrected chi connectivity index (χ0v) is 20.9. The summed E-state index contributed by atoms with van der Waals surface area (Å²) >= 11 is 0. The molecule has 0 saturated heterocycles. The summed E-state index contributed by atoms with van der Waals surface area (Å²) in [6.07, 6.45) is 3.56. The summed E-state index contributed by atoms with van der Waals surface area (Å²) in [6, 6.07) is 14.8. The molecular weight excluding hydrogens is 468 g/mol. The summed E-state index contributed by atoms with van der Waals surface area (Å²) < 4.78 is 13.8. The lowest BCUT2D eigenvalue weighted by molar-refractivity contribution is 0.0696. The first-order chi connectivity index (χ1) is 17.9. The number of fused-ring (bicyclic) bond motifs is 2. The third-order valence-corrected chi connectivity index (χ3v) is 7.49. The average Bonchev–Trinajstić information content (AvgIpc) is 3.66. The lowest BCUT2D eigenvalue weighted by Crippen LogP contribution is -2.23. The fraction of sp³-hybridized carbons (Fsp3) is 0.300. The van der Waals surface area contributed by atoms with Gasteiger partial charge in [0.1, 0.15) is 23.8 Å². The smallest absolute Gasteiger partial charge is 0.335 e. The lowest BCUT2D eigenvalue weighted by Gasteiger charge is -2.14. The van der Waals surface area contributed by atoms with Crippen molar-refractivity contribution in [3.05, 3.63) is 104 Å². The summed E-state index contributed by atoms with van der Waals surface area (Å²) in [4.78, 5) is 24.6. The van der Waals surface area contributed by atoms with Gasteiger partial charge in [-0.2, -0.15) is 0 Å². The number of pyridine rings is 1. The van der Waals surface area contributed by atoms with E-state index in [2.05, 4.69) is 31.1 Å². The second-order valence-electron chi connectivity index (χ2n) is 10.1. The van der Waals surface area contributed by atoms with Gasteiger partial charge in [-0.15, -0.1) is 0 Å². The highest BCUT2D eigenvalue weighted by Crippen LogP contribution is 2.45. The molecule has 1 N–H and O–H groups in total. The SMILES string of the molecule is Cc1cccc(C)c1-c1noc(C2CC2)c1COc1cc2n(c(=O)c1)Cc1cc(C(=O)O)ccc1CC2. The maximum absolute atomic E-state index is 13.1. The van der Waals surface area contributed by atoms with Gasteiger partial charge < -0.3 is 18.9 Å². The minimum atomic E-state index is -0.970. The van der Waals surface area contributed by atoms with E-state index < -0.39 is 5.97 Å². The number of nitrogens with zero attached hydrogens (tertiary/aromatic N) is 2. The van der Waals surface area contributed by atoms with Crippen LogP contribution in [0.15, 0.2) is 57.8 Å². The molecule has 0 radical (unpaired) electrons. The van der Waals surface area contributed by atoms with E-state index in [0.29, 0.717) is 24.6 Å². The van der Waals surface area contributed by atoms with E-state index in [4.69, 9.17) is 9.26 Å². The molecule has 1 aliphatic heterocycles. The fourth-order valence-corrected chi connectivity index (χ4v) is 5.35. The number of carbonyl (C=O) groups is 1. The van der Waals surface area contributed by atoms with Crippen molar-refractivity contribution < 1.29 is 19.2 Å². The van der Waals surface area contributed by atoms with Crippen LogP contribution in [0.1, 0.15) is 68.4 Å². The molecule has 7 heteroatoms. The van der Waals surface area contributed by atoms with Crippen LogP contribution < -0.4 is 10.3 Å². The minimum Gasteiger partial charge on any atom is -0.488 e. The van der Waals surface area contributed by atoms with E-state index in [1.165, 1.54) is 6.07 Å². The Morgan fingerprint density at radius 1 is 1.08 bits per heavy atom. The van der Waals surface area contributed by atoms with Crippen LogP contribution in [0.4, 0.5) is 0 Å². The van der Waals surface area contributed by atoms with Crippen LogP contribution in [0.5, 0.6) is 5.75 Å². The molecule has 0 spiro atoms. The highest BCUT2D eigenvalue weighted by Gasteiger charge is 2.33. The van der Waals surface area contributed by atoms with Crippen LogP contribution in [0.2, 0.25) is 0 Å². The molecule has 3 heterocycles. The third-order valence-electron chi connectivity index (χ3n) is 7.49. The normalized spacial score (nSPS) is 14.5. The van der Waals surface area contributed by atoms with Gasteiger partial charge in [0.2, 0.25) is 0 Å². The number of aryl methyl sites for hydroxylation is 4. The van der Waals surface area contributed by atoms with E-state index >= 15 is 0 Å². The predicted molar refractivity (Wildman–Crippen MR) is 138 cm³/mol. The summed E-state index contributed by atoms with van der Waals surface area (Å²) in [5, 5.41) is 13.8. The first-order valence-electron chi connectivity index (χ1n) is 12.7. The van der Waals surface area contributed by atoms with Crippen molar-refractivity contribution >= 4 is 5.97 Å². The Bertz CT molecular complexity index is 1570. The highest BCUT2D eigenvalue weighted by molar-refractivity contribution is 5.88. The zero-order chi connectivity index (χ0) is 25.7. The number of ether oxygens (including phenoxy) is 1. The van der Waals surface area contributed by atoms with Gasteiger partial charge in [0, 0.05) is 23.2 Å². The second-order valence-corrected chi connectivity index (χ2v) is 10.1. The molecule has 2 aliphatic rings. The number of carboxylic acid groups (broad SMARTS) is 1. The van der Waals surface area contributed by atoms with E-state index in [1.807, 2.05) is 18.2 Å². The molecular formula is C30H28N2O5. The molecule has 0 atom stereocenters.